The number of carbonyl (C=O) groups is 1. The third-order valence-corrected chi connectivity index (χ3v) is 4.96. The van der Waals surface area contributed by atoms with Crippen molar-refractivity contribution in [3.63, 3.8) is 0 Å². The van der Waals surface area contributed by atoms with Gasteiger partial charge in [0, 0.05) is 23.1 Å². The van der Waals surface area contributed by atoms with E-state index in [1.807, 2.05) is 30.3 Å². The van der Waals surface area contributed by atoms with E-state index in [0.29, 0.717) is 12.1 Å². The maximum atomic E-state index is 11.3. The Morgan fingerprint density at radius 3 is 2.44 bits per heavy atom. The molecule has 0 aliphatic rings. The van der Waals surface area contributed by atoms with Crippen LogP contribution >= 0.6 is 0 Å². The number of hydrogen-bond donors (Lipinski definition) is 1. The predicted molar refractivity (Wildman–Crippen MR) is 109 cm³/mol. The number of carboxylic acid groups (broad SMARTS) is 1. The van der Waals surface area contributed by atoms with Crippen LogP contribution in [-0.2, 0) is 13.0 Å². The molecule has 3 nitrogen and oxygen atoms in total. The van der Waals surface area contributed by atoms with Gasteiger partial charge in [0.05, 0.1) is 5.56 Å². The molecule has 0 aliphatic carbocycles. The van der Waals surface area contributed by atoms with E-state index in [0.717, 1.165) is 28.8 Å². The fraction of sp³-hybridized carbons (Fsp3) is 0.125. The molecule has 1 heterocycles. The number of fused-ring (bicyclic) bond motifs is 1. The zero-order chi connectivity index (χ0) is 18.8. The molecule has 0 amide bonds. The number of aryl methyl sites for hydroxylation is 1. The second-order valence-corrected chi connectivity index (χ2v) is 6.73. The summed E-state index contributed by atoms with van der Waals surface area (Å²) >= 11 is 0. The zero-order valence-corrected chi connectivity index (χ0v) is 15.2. The van der Waals surface area contributed by atoms with Gasteiger partial charge in [0.25, 0.3) is 0 Å². The van der Waals surface area contributed by atoms with Crippen molar-refractivity contribution in [1.82, 2.24) is 4.57 Å². The van der Waals surface area contributed by atoms with Crippen LogP contribution in [0.15, 0.2) is 78.9 Å². The van der Waals surface area contributed by atoms with Gasteiger partial charge < -0.3 is 9.67 Å². The summed E-state index contributed by atoms with van der Waals surface area (Å²) in [6, 6.07) is 26.3. The number of benzene rings is 3. The third kappa shape index (κ3) is 3.36. The lowest BCUT2D eigenvalue weighted by Crippen LogP contribution is -2.04. The van der Waals surface area contributed by atoms with Gasteiger partial charge in [-0.15, -0.1) is 0 Å². The molecule has 4 rings (SSSR count). The van der Waals surface area contributed by atoms with Crippen molar-refractivity contribution in [2.24, 2.45) is 0 Å². The summed E-state index contributed by atoms with van der Waals surface area (Å²) in [5.41, 5.74) is 6.06. The molecule has 3 aromatic carbocycles. The first-order valence-corrected chi connectivity index (χ1v) is 9.15. The second kappa shape index (κ2) is 7.12. The molecular weight excluding hydrogens is 334 g/mol. The van der Waals surface area contributed by atoms with Crippen LogP contribution < -0.4 is 0 Å². The maximum Gasteiger partial charge on any atom is 0.335 e. The molecule has 4 aromatic rings. The number of rotatable bonds is 5. The predicted octanol–water partition coefficient (Wildman–Crippen LogP) is 5.62. The zero-order valence-electron chi connectivity index (χ0n) is 15.2. The minimum absolute atomic E-state index is 0.318. The van der Waals surface area contributed by atoms with E-state index in [9.17, 15) is 9.90 Å². The minimum atomic E-state index is -0.898. The van der Waals surface area contributed by atoms with E-state index in [1.165, 1.54) is 10.9 Å². The number of nitrogens with zero attached hydrogens (tertiary/aromatic N) is 1. The van der Waals surface area contributed by atoms with Gasteiger partial charge in [-0.25, -0.2) is 4.79 Å². The molecule has 0 saturated heterocycles. The fourth-order valence-electron chi connectivity index (χ4n) is 3.54. The van der Waals surface area contributed by atoms with Crippen molar-refractivity contribution in [3.05, 3.63) is 95.6 Å². The van der Waals surface area contributed by atoms with Crippen molar-refractivity contribution >= 4 is 16.9 Å². The summed E-state index contributed by atoms with van der Waals surface area (Å²) < 4.78 is 2.27. The van der Waals surface area contributed by atoms with Gasteiger partial charge in [0.2, 0.25) is 0 Å². The molecule has 3 heteroatoms. The Morgan fingerprint density at radius 1 is 0.889 bits per heavy atom. The van der Waals surface area contributed by atoms with Crippen LogP contribution in [-0.4, -0.2) is 15.6 Å². The average Bonchev–Trinajstić information content (AvgIpc) is 3.06. The summed E-state index contributed by atoms with van der Waals surface area (Å²) in [4.78, 5) is 11.3. The Hall–Kier alpha value is -3.33. The smallest absolute Gasteiger partial charge is 0.335 e. The van der Waals surface area contributed by atoms with Crippen molar-refractivity contribution < 1.29 is 9.90 Å². The number of carboxylic acids is 1. The van der Waals surface area contributed by atoms with Gasteiger partial charge in [-0.2, -0.15) is 0 Å². The largest absolute Gasteiger partial charge is 0.478 e. The first kappa shape index (κ1) is 17.1. The van der Waals surface area contributed by atoms with E-state index >= 15 is 0 Å². The van der Waals surface area contributed by atoms with Crippen LogP contribution in [0, 0.1) is 0 Å². The molecule has 0 aliphatic heterocycles. The Bertz CT molecular complexity index is 1110. The van der Waals surface area contributed by atoms with Gasteiger partial charge in [0.15, 0.2) is 0 Å². The monoisotopic (exact) mass is 355 g/mol. The highest BCUT2D eigenvalue weighted by Crippen LogP contribution is 2.30. The van der Waals surface area contributed by atoms with Crippen molar-refractivity contribution in [3.8, 4) is 11.3 Å². The quantitative estimate of drug-likeness (QED) is 0.505. The molecule has 0 unspecified atom stereocenters. The number of aromatic nitrogens is 1. The van der Waals surface area contributed by atoms with Crippen LogP contribution in [0.25, 0.3) is 22.2 Å². The van der Waals surface area contributed by atoms with E-state index in [1.54, 1.807) is 12.1 Å². The Kier molecular flexibility index (Phi) is 4.51. The molecule has 134 valence electrons. The van der Waals surface area contributed by atoms with Gasteiger partial charge in [-0.3, -0.25) is 0 Å². The van der Waals surface area contributed by atoms with E-state index in [4.69, 9.17) is 0 Å². The van der Waals surface area contributed by atoms with Crippen molar-refractivity contribution in [2.45, 2.75) is 19.9 Å². The van der Waals surface area contributed by atoms with Crippen LogP contribution in [0.1, 0.15) is 28.4 Å². The summed E-state index contributed by atoms with van der Waals surface area (Å²) in [7, 11) is 0. The lowest BCUT2D eigenvalue weighted by molar-refractivity contribution is 0.0696. The molecule has 0 saturated carbocycles. The molecule has 1 N–H and O–H groups in total. The molecule has 27 heavy (non-hydrogen) atoms. The van der Waals surface area contributed by atoms with Crippen LogP contribution in [0.5, 0.6) is 0 Å². The average molecular weight is 355 g/mol. The molecule has 0 fully saturated rings. The lowest BCUT2D eigenvalue weighted by atomic mass is 10.1. The Labute approximate surface area is 158 Å². The Balaban J connectivity index is 1.87. The Morgan fingerprint density at radius 2 is 1.70 bits per heavy atom. The highest BCUT2D eigenvalue weighted by Gasteiger charge is 2.12. The van der Waals surface area contributed by atoms with Gasteiger partial charge in [0.1, 0.15) is 0 Å². The molecule has 0 atom stereocenters. The third-order valence-electron chi connectivity index (χ3n) is 4.96. The summed E-state index contributed by atoms with van der Waals surface area (Å²) in [6.07, 6.45) is 1.00. The molecular formula is C24H21NO2. The highest BCUT2D eigenvalue weighted by atomic mass is 16.4. The normalized spacial score (nSPS) is 11.0. The van der Waals surface area contributed by atoms with Crippen molar-refractivity contribution in [1.29, 1.82) is 0 Å². The summed E-state index contributed by atoms with van der Waals surface area (Å²) in [6.45, 7) is 2.79. The van der Waals surface area contributed by atoms with E-state index in [2.05, 4.69) is 47.9 Å². The highest BCUT2D eigenvalue weighted by molar-refractivity contribution is 5.89. The topological polar surface area (TPSA) is 42.2 Å². The first-order valence-electron chi connectivity index (χ1n) is 9.15. The molecule has 0 bridgehead atoms. The van der Waals surface area contributed by atoms with Crippen molar-refractivity contribution in [2.75, 3.05) is 0 Å². The number of aromatic carboxylic acids is 1. The molecule has 0 radical (unpaired) electrons. The van der Waals surface area contributed by atoms with Crippen LogP contribution in [0.2, 0.25) is 0 Å². The summed E-state index contributed by atoms with van der Waals surface area (Å²) in [5.74, 6) is -0.898. The standard InChI is InChI=1S/C24H21NO2/c1-2-17-11-12-22-21(13-17)15-23(19-8-4-3-5-9-19)25(22)16-18-7-6-10-20(14-18)24(26)27/h3-15H,2,16H2,1H3,(H,26,27). The maximum absolute atomic E-state index is 11.3. The lowest BCUT2D eigenvalue weighted by Gasteiger charge is -2.12. The van der Waals surface area contributed by atoms with Crippen LogP contribution in [0.3, 0.4) is 0 Å². The van der Waals surface area contributed by atoms with Gasteiger partial charge in [-0.1, -0.05) is 55.5 Å². The number of hydrogen-bond acceptors (Lipinski definition) is 1. The van der Waals surface area contributed by atoms with Gasteiger partial charge in [-0.05, 0) is 53.4 Å². The SMILES string of the molecule is CCc1ccc2c(c1)cc(-c1ccccc1)n2Cc1cccc(C(=O)O)c1. The minimum Gasteiger partial charge on any atom is -0.478 e. The molecule has 0 spiro atoms. The van der Waals surface area contributed by atoms with E-state index < -0.39 is 5.97 Å². The summed E-state index contributed by atoms with van der Waals surface area (Å²) in [5, 5.41) is 10.5. The van der Waals surface area contributed by atoms with E-state index in [-0.39, 0.29) is 0 Å². The molecule has 1 aromatic heterocycles. The van der Waals surface area contributed by atoms with Crippen LogP contribution in [0.4, 0.5) is 0 Å². The second-order valence-electron chi connectivity index (χ2n) is 6.73. The van der Waals surface area contributed by atoms with Gasteiger partial charge >= 0.3 is 5.97 Å². The first-order chi connectivity index (χ1) is 13.2. The fourth-order valence-corrected chi connectivity index (χ4v) is 3.54.